The monoisotopic (exact) mass is 469 g/mol. The van der Waals surface area contributed by atoms with E-state index in [1.165, 1.54) is 18.2 Å². The van der Waals surface area contributed by atoms with Gasteiger partial charge in [0.1, 0.15) is 17.3 Å². The predicted molar refractivity (Wildman–Crippen MR) is 130 cm³/mol. The molecular weight excluding hydrogens is 445 g/mol. The fourth-order valence-corrected chi connectivity index (χ4v) is 4.10. The van der Waals surface area contributed by atoms with E-state index in [1.807, 2.05) is 43.3 Å². The number of para-hydroxylation sites is 1. The summed E-state index contributed by atoms with van der Waals surface area (Å²) < 4.78 is 19.4. The van der Waals surface area contributed by atoms with Gasteiger partial charge in [0.2, 0.25) is 0 Å². The molecule has 3 N–H and O–H groups in total. The number of H-pyrrole nitrogens is 1. The fourth-order valence-electron chi connectivity index (χ4n) is 4.10. The molecule has 1 fully saturated rings. The zero-order valence-corrected chi connectivity index (χ0v) is 19.4. The minimum absolute atomic E-state index is 0.130. The van der Waals surface area contributed by atoms with Crippen LogP contribution < -0.4 is 5.32 Å². The molecule has 0 saturated carbocycles. The second-order valence-corrected chi connectivity index (χ2v) is 9.11. The lowest BCUT2D eigenvalue weighted by Crippen LogP contribution is -2.38. The number of aromatic hydroxyl groups is 1. The van der Waals surface area contributed by atoms with Crippen LogP contribution in [-0.4, -0.2) is 34.2 Å². The zero-order valence-electron chi connectivity index (χ0n) is 19.4. The van der Waals surface area contributed by atoms with Crippen LogP contribution in [0.2, 0.25) is 0 Å². The summed E-state index contributed by atoms with van der Waals surface area (Å²) in [6, 6.07) is 15.8. The number of carbonyl (C=O) groups excluding carboxylic acids is 1. The molecule has 3 heterocycles. The number of carbonyl (C=O) groups is 1. The minimum Gasteiger partial charge on any atom is -0.508 e. The van der Waals surface area contributed by atoms with E-state index < -0.39 is 17.8 Å². The number of aromatic amines is 1. The number of halogens is 1. The molecule has 0 aliphatic carbocycles. The number of pyridine rings is 1. The molecule has 0 bridgehead atoms. The van der Waals surface area contributed by atoms with Gasteiger partial charge in [-0.05, 0) is 61.7 Å². The van der Waals surface area contributed by atoms with Gasteiger partial charge in [-0.3, -0.25) is 4.79 Å². The number of fused-ring (bicyclic) bond motifs is 1. The Morgan fingerprint density at radius 1 is 1.20 bits per heavy atom. The van der Waals surface area contributed by atoms with E-state index in [-0.39, 0.29) is 22.4 Å². The number of nitrogens with zero attached hydrogens (tertiary/aromatic N) is 1. The van der Waals surface area contributed by atoms with E-state index in [9.17, 15) is 14.3 Å². The molecule has 1 aliphatic heterocycles. The first-order valence-corrected chi connectivity index (χ1v) is 11.3. The fraction of sp³-hybridized carbons (Fsp3) is 0.214. The molecule has 5 rings (SSSR count). The van der Waals surface area contributed by atoms with Crippen molar-refractivity contribution in [1.82, 2.24) is 15.3 Å². The van der Waals surface area contributed by atoms with Crippen molar-refractivity contribution in [3.63, 3.8) is 0 Å². The first-order chi connectivity index (χ1) is 16.8. The van der Waals surface area contributed by atoms with E-state index in [0.29, 0.717) is 30.2 Å². The van der Waals surface area contributed by atoms with Gasteiger partial charge in [0, 0.05) is 28.0 Å². The summed E-state index contributed by atoms with van der Waals surface area (Å²) in [7, 11) is 0. The van der Waals surface area contributed by atoms with Crippen LogP contribution in [0.5, 0.6) is 5.75 Å². The van der Waals surface area contributed by atoms with E-state index in [1.54, 1.807) is 13.0 Å². The molecule has 4 aromatic rings. The molecule has 0 radical (unpaired) electrons. The quantitative estimate of drug-likeness (QED) is 0.381. The number of aryl methyl sites for hydroxylation is 1. The van der Waals surface area contributed by atoms with Crippen molar-refractivity contribution in [2.45, 2.75) is 19.9 Å². The van der Waals surface area contributed by atoms with Crippen LogP contribution in [-0.2, 0) is 4.74 Å². The van der Waals surface area contributed by atoms with Gasteiger partial charge in [-0.25, -0.2) is 9.37 Å². The van der Waals surface area contributed by atoms with Gasteiger partial charge in [0.05, 0.1) is 24.7 Å². The van der Waals surface area contributed by atoms with Crippen LogP contribution in [0.4, 0.5) is 4.39 Å². The Labute approximate surface area is 202 Å². The maximum atomic E-state index is 14.1. The van der Waals surface area contributed by atoms with Crippen LogP contribution in [0, 0.1) is 30.0 Å². The SMILES string of the molecule is Cc1cc(C#CC2(C)COC2)cc(C(=O)NC(c2cc3ccccc3[nH]2)c2cc(F)ccc2O)n1. The van der Waals surface area contributed by atoms with Crippen LogP contribution in [0.3, 0.4) is 0 Å². The zero-order chi connectivity index (χ0) is 24.6. The maximum absolute atomic E-state index is 14.1. The summed E-state index contributed by atoms with van der Waals surface area (Å²) in [5, 5.41) is 14.4. The largest absolute Gasteiger partial charge is 0.508 e. The smallest absolute Gasteiger partial charge is 0.270 e. The van der Waals surface area contributed by atoms with E-state index in [4.69, 9.17) is 4.74 Å². The number of phenolic OH excluding ortho intramolecular Hbond substituents is 1. The van der Waals surface area contributed by atoms with Crippen molar-refractivity contribution in [2.75, 3.05) is 13.2 Å². The summed E-state index contributed by atoms with van der Waals surface area (Å²) in [6.45, 7) is 4.99. The molecule has 2 aromatic carbocycles. The molecule has 1 saturated heterocycles. The van der Waals surface area contributed by atoms with Gasteiger partial charge >= 0.3 is 0 Å². The van der Waals surface area contributed by atoms with Crippen LogP contribution in [0.15, 0.2) is 60.7 Å². The van der Waals surface area contributed by atoms with Gasteiger partial charge in [-0.2, -0.15) is 0 Å². The highest BCUT2D eigenvalue weighted by Crippen LogP contribution is 2.32. The van der Waals surface area contributed by atoms with Crippen molar-refractivity contribution < 1.29 is 19.0 Å². The Bertz CT molecular complexity index is 1460. The van der Waals surface area contributed by atoms with Gasteiger partial charge < -0.3 is 20.1 Å². The Kier molecular flexibility index (Phi) is 5.75. The normalized spacial score (nSPS) is 15.1. The Balaban J connectivity index is 1.51. The summed E-state index contributed by atoms with van der Waals surface area (Å²) >= 11 is 0. The van der Waals surface area contributed by atoms with Crippen molar-refractivity contribution in [3.8, 4) is 17.6 Å². The number of rotatable bonds is 4. The lowest BCUT2D eigenvalue weighted by Gasteiger charge is -2.32. The number of aromatic nitrogens is 2. The molecule has 1 amide bonds. The summed E-state index contributed by atoms with van der Waals surface area (Å²) in [4.78, 5) is 21.0. The number of benzene rings is 2. The van der Waals surface area contributed by atoms with E-state index >= 15 is 0 Å². The molecular formula is C28H24FN3O3. The van der Waals surface area contributed by atoms with E-state index in [2.05, 4.69) is 27.1 Å². The van der Waals surface area contributed by atoms with Gasteiger partial charge in [-0.15, -0.1) is 0 Å². The third-order valence-corrected chi connectivity index (χ3v) is 5.97. The molecule has 35 heavy (non-hydrogen) atoms. The minimum atomic E-state index is -0.839. The van der Waals surface area contributed by atoms with Gasteiger partial charge in [0.15, 0.2) is 0 Å². The first kappa shape index (κ1) is 22.6. The second kappa shape index (κ2) is 8.90. The summed E-state index contributed by atoms with van der Waals surface area (Å²) in [5.74, 6) is 5.22. The van der Waals surface area contributed by atoms with Crippen LogP contribution in [0.1, 0.15) is 46.0 Å². The third-order valence-electron chi connectivity index (χ3n) is 5.97. The standard InChI is InChI=1S/C28H24FN3O3/c1-17-11-18(9-10-28(2)15-35-16-28)12-24(30-17)27(34)32-26(21-14-20(29)7-8-25(21)33)23-13-19-5-3-4-6-22(19)31-23/h3-8,11-14,26,31,33H,15-16H2,1-2H3,(H,32,34). The van der Waals surface area contributed by atoms with E-state index in [0.717, 1.165) is 10.9 Å². The topological polar surface area (TPSA) is 87.2 Å². The molecule has 1 aliphatic rings. The second-order valence-electron chi connectivity index (χ2n) is 9.11. The number of phenols is 1. The molecule has 1 unspecified atom stereocenters. The lowest BCUT2D eigenvalue weighted by atomic mass is 9.89. The Morgan fingerprint density at radius 2 is 2.00 bits per heavy atom. The van der Waals surface area contributed by atoms with Crippen LogP contribution in [0.25, 0.3) is 10.9 Å². The number of ether oxygens (including phenoxy) is 1. The number of amides is 1. The molecule has 1 atom stereocenters. The summed E-state index contributed by atoms with van der Waals surface area (Å²) in [6.07, 6.45) is 0. The number of hydrogen-bond donors (Lipinski definition) is 3. The van der Waals surface area contributed by atoms with Crippen molar-refractivity contribution in [1.29, 1.82) is 0 Å². The highest BCUT2D eigenvalue weighted by molar-refractivity contribution is 5.93. The lowest BCUT2D eigenvalue weighted by molar-refractivity contribution is -0.0648. The molecule has 2 aromatic heterocycles. The molecule has 7 heteroatoms. The number of hydrogen-bond acceptors (Lipinski definition) is 4. The van der Waals surface area contributed by atoms with Crippen LogP contribution >= 0.6 is 0 Å². The maximum Gasteiger partial charge on any atom is 0.270 e. The van der Waals surface area contributed by atoms with Crippen molar-refractivity contribution in [3.05, 3.63) is 94.7 Å². The first-order valence-electron chi connectivity index (χ1n) is 11.3. The third kappa shape index (κ3) is 4.75. The summed E-state index contributed by atoms with van der Waals surface area (Å²) in [5.41, 5.74) is 3.01. The Morgan fingerprint density at radius 3 is 2.74 bits per heavy atom. The highest BCUT2D eigenvalue weighted by atomic mass is 19.1. The highest BCUT2D eigenvalue weighted by Gasteiger charge is 2.31. The Hall–Kier alpha value is -4.15. The number of nitrogens with one attached hydrogen (secondary N) is 2. The predicted octanol–water partition coefficient (Wildman–Crippen LogP) is 4.62. The molecule has 0 spiro atoms. The van der Waals surface area contributed by atoms with Crippen molar-refractivity contribution >= 4 is 16.8 Å². The molecule has 176 valence electrons. The van der Waals surface area contributed by atoms with Gasteiger partial charge in [0.25, 0.3) is 5.91 Å². The average Bonchev–Trinajstić information content (AvgIpc) is 3.25. The van der Waals surface area contributed by atoms with Gasteiger partial charge in [-0.1, -0.05) is 30.0 Å². The van der Waals surface area contributed by atoms with Crippen molar-refractivity contribution in [2.24, 2.45) is 5.41 Å². The molecule has 6 nitrogen and oxygen atoms in total. The average molecular weight is 470 g/mol.